The Morgan fingerprint density at radius 3 is 2.73 bits per heavy atom. The average Bonchev–Trinajstić information content (AvgIpc) is 2.19. The minimum Gasteiger partial charge on any atom is -0.383 e. The van der Waals surface area contributed by atoms with Gasteiger partial charge in [0.05, 0.1) is 6.54 Å². The van der Waals surface area contributed by atoms with Gasteiger partial charge in [-0.15, -0.1) is 6.58 Å². The first-order chi connectivity index (χ1) is 5.16. The molecule has 0 aromatic rings. The molecule has 1 rings (SSSR count). The molecule has 1 amide bonds. The van der Waals surface area contributed by atoms with Crippen molar-refractivity contribution in [2.24, 2.45) is 0 Å². The number of hydrogen-bond donors (Lipinski definition) is 1. The molecule has 60 valence electrons. The van der Waals surface area contributed by atoms with Crippen molar-refractivity contribution in [1.29, 1.82) is 0 Å². The van der Waals surface area contributed by atoms with Crippen LogP contribution >= 0.6 is 0 Å². The van der Waals surface area contributed by atoms with Gasteiger partial charge in [-0.1, -0.05) is 6.08 Å². The number of hydrogen-bond acceptors (Lipinski definition) is 3. The van der Waals surface area contributed by atoms with Crippen molar-refractivity contribution >= 4 is 11.7 Å². The number of carbonyl (C=O) groups excluding carboxylic acids is 2. The number of Topliss-reactive ketones (excluding diaryl/α,β-unsaturated/α-hetero) is 1. The summed E-state index contributed by atoms with van der Waals surface area (Å²) in [6.45, 7) is 3.84. The van der Waals surface area contributed by atoms with Gasteiger partial charge in [0.2, 0.25) is 5.78 Å². The number of aliphatic hydroxyl groups excluding tert-OH is 1. The second kappa shape index (κ2) is 2.84. The lowest BCUT2D eigenvalue weighted by atomic mass is 10.3. The van der Waals surface area contributed by atoms with Crippen LogP contribution < -0.4 is 0 Å². The third kappa shape index (κ3) is 1.30. The predicted octanol–water partition coefficient (Wildman–Crippen LogP) is -1.06. The first kappa shape index (κ1) is 7.94. The molecule has 0 aromatic carbocycles. The number of ketones is 1. The van der Waals surface area contributed by atoms with Crippen molar-refractivity contribution in [2.45, 2.75) is 6.10 Å². The van der Waals surface area contributed by atoms with E-state index < -0.39 is 17.8 Å². The Labute approximate surface area is 64.1 Å². The number of likely N-dealkylation sites (tertiary alicyclic amines) is 1. The summed E-state index contributed by atoms with van der Waals surface area (Å²) in [5.41, 5.74) is 0. The molecule has 1 heterocycles. The van der Waals surface area contributed by atoms with E-state index in [0.717, 1.165) is 0 Å². The Balaban J connectivity index is 2.67. The molecule has 1 N–H and O–H groups in total. The highest BCUT2D eigenvalue weighted by Gasteiger charge is 2.36. The van der Waals surface area contributed by atoms with E-state index in [1.807, 2.05) is 0 Å². The highest BCUT2D eigenvalue weighted by molar-refractivity contribution is 6.39. The van der Waals surface area contributed by atoms with Crippen LogP contribution in [0.1, 0.15) is 0 Å². The van der Waals surface area contributed by atoms with Crippen LogP contribution in [0.5, 0.6) is 0 Å². The summed E-state index contributed by atoms with van der Waals surface area (Å²) in [5, 5.41) is 8.92. The maximum absolute atomic E-state index is 10.9. The summed E-state index contributed by atoms with van der Waals surface area (Å²) in [6.07, 6.45) is 0.380. The molecule has 0 radical (unpaired) electrons. The fraction of sp³-hybridized carbons (Fsp3) is 0.429. The third-order valence-electron chi connectivity index (χ3n) is 1.54. The van der Waals surface area contributed by atoms with Gasteiger partial charge in [-0.3, -0.25) is 9.59 Å². The van der Waals surface area contributed by atoms with Gasteiger partial charge < -0.3 is 10.0 Å². The van der Waals surface area contributed by atoms with E-state index in [4.69, 9.17) is 5.11 Å². The normalized spacial score (nSPS) is 24.5. The molecule has 1 aliphatic rings. The van der Waals surface area contributed by atoms with E-state index in [1.165, 1.54) is 11.0 Å². The van der Waals surface area contributed by atoms with E-state index >= 15 is 0 Å². The maximum atomic E-state index is 10.9. The van der Waals surface area contributed by atoms with Gasteiger partial charge in [0.25, 0.3) is 5.91 Å². The largest absolute Gasteiger partial charge is 0.383 e. The van der Waals surface area contributed by atoms with Crippen molar-refractivity contribution in [3.8, 4) is 0 Å². The minimum absolute atomic E-state index is 0.101. The van der Waals surface area contributed by atoms with Crippen LogP contribution in [-0.4, -0.2) is 40.9 Å². The fourth-order valence-corrected chi connectivity index (χ4v) is 0.986. The molecule has 11 heavy (non-hydrogen) atoms. The molecule has 4 heteroatoms. The van der Waals surface area contributed by atoms with Crippen molar-refractivity contribution in [3.63, 3.8) is 0 Å². The van der Waals surface area contributed by atoms with Gasteiger partial charge in [-0.05, 0) is 0 Å². The van der Waals surface area contributed by atoms with E-state index in [-0.39, 0.29) is 6.54 Å². The summed E-state index contributed by atoms with van der Waals surface area (Å²) >= 11 is 0. The summed E-state index contributed by atoms with van der Waals surface area (Å²) in [6, 6.07) is 0. The summed E-state index contributed by atoms with van der Waals surface area (Å²) < 4.78 is 0. The Morgan fingerprint density at radius 1 is 1.73 bits per heavy atom. The van der Waals surface area contributed by atoms with E-state index in [1.54, 1.807) is 0 Å². The lowest BCUT2D eigenvalue weighted by molar-refractivity contribution is -0.141. The highest BCUT2D eigenvalue weighted by atomic mass is 16.3. The number of nitrogens with zero attached hydrogens (tertiary/aromatic N) is 1. The van der Waals surface area contributed by atoms with Crippen LogP contribution in [0.25, 0.3) is 0 Å². The lowest BCUT2D eigenvalue weighted by Crippen LogP contribution is -2.27. The van der Waals surface area contributed by atoms with Gasteiger partial charge in [0, 0.05) is 6.54 Å². The quantitative estimate of drug-likeness (QED) is 0.408. The Kier molecular flexibility index (Phi) is 2.05. The fourth-order valence-electron chi connectivity index (χ4n) is 0.986. The zero-order valence-corrected chi connectivity index (χ0v) is 5.99. The second-order valence-corrected chi connectivity index (χ2v) is 2.38. The van der Waals surface area contributed by atoms with Crippen LogP contribution in [-0.2, 0) is 9.59 Å². The van der Waals surface area contributed by atoms with E-state index in [2.05, 4.69) is 6.58 Å². The lowest BCUT2D eigenvalue weighted by Gasteiger charge is -2.09. The SMILES string of the molecule is C=CCN1CC(O)C(=O)C1=O. The molecule has 0 saturated carbocycles. The van der Waals surface area contributed by atoms with Crippen LogP contribution in [0.4, 0.5) is 0 Å². The molecule has 0 spiro atoms. The molecule has 0 aromatic heterocycles. The monoisotopic (exact) mass is 155 g/mol. The number of carbonyl (C=O) groups is 2. The smallest absolute Gasteiger partial charge is 0.293 e. The van der Waals surface area contributed by atoms with Crippen LogP contribution in [0, 0.1) is 0 Å². The topological polar surface area (TPSA) is 57.6 Å². The summed E-state index contributed by atoms with van der Waals surface area (Å²) in [7, 11) is 0. The molecule has 1 fully saturated rings. The van der Waals surface area contributed by atoms with Crippen molar-refractivity contribution in [3.05, 3.63) is 12.7 Å². The summed E-state index contributed by atoms with van der Waals surface area (Å²) in [5.74, 6) is -1.33. The highest BCUT2D eigenvalue weighted by Crippen LogP contribution is 2.06. The molecule has 1 unspecified atom stereocenters. The van der Waals surface area contributed by atoms with Crippen LogP contribution in [0.3, 0.4) is 0 Å². The van der Waals surface area contributed by atoms with Gasteiger partial charge >= 0.3 is 0 Å². The second-order valence-electron chi connectivity index (χ2n) is 2.38. The van der Waals surface area contributed by atoms with Crippen molar-refractivity contribution < 1.29 is 14.7 Å². The number of amides is 1. The first-order valence-corrected chi connectivity index (χ1v) is 3.29. The van der Waals surface area contributed by atoms with Gasteiger partial charge in [0.1, 0.15) is 6.10 Å². The van der Waals surface area contributed by atoms with Crippen molar-refractivity contribution in [2.75, 3.05) is 13.1 Å². The van der Waals surface area contributed by atoms with Gasteiger partial charge in [-0.2, -0.15) is 0 Å². The zero-order valence-electron chi connectivity index (χ0n) is 5.99. The number of β-amino-alcohol motifs (C(OH)–C–C–N with tert-alkyl or cyclic N) is 1. The zero-order chi connectivity index (χ0) is 8.43. The Hall–Kier alpha value is -1.16. The summed E-state index contributed by atoms with van der Waals surface area (Å²) in [4.78, 5) is 22.9. The number of aliphatic hydroxyl groups is 1. The van der Waals surface area contributed by atoms with E-state index in [9.17, 15) is 9.59 Å². The molecule has 1 aliphatic heterocycles. The number of rotatable bonds is 2. The predicted molar refractivity (Wildman–Crippen MR) is 37.8 cm³/mol. The van der Waals surface area contributed by atoms with Crippen LogP contribution in [0.15, 0.2) is 12.7 Å². The van der Waals surface area contributed by atoms with Gasteiger partial charge in [-0.25, -0.2) is 0 Å². The van der Waals surface area contributed by atoms with Gasteiger partial charge in [0.15, 0.2) is 0 Å². The molecular weight excluding hydrogens is 146 g/mol. The molecule has 4 nitrogen and oxygen atoms in total. The van der Waals surface area contributed by atoms with Crippen LogP contribution in [0.2, 0.25) is 0 Å². The maximum Gasteiger partial charge on any atom is 0.293 e. The minimum atomic E-state index is -1.14. The Morgan fingerprint density at radius 2 is 2.36 bits per heavy atom. The standard InChI is InChI=1S/C7H9NO3/c1-2-3-8-4-5(9)6(10)7(8)11/h2,5,9H,1,3-4H2. The molecule has 1 atom stereocenters. The molecule has 0 bridgehead atoms. The van der Waals surface area contributed by atoms with E-state index in [0.29, 0.717) is 6.54 Å². The average molecular weight is 155 g/mol. The molecule has 1 saturated heterocycles. The Bertz CT molecular complexity index is 212. The molecule has 0 aliphatic carbocycles. The third-order valence-corrected chi connectivity index (χ3v) is 1.54. The molecular formula is C7H9NO3. The first-order valence-electron chi connectivity index (χ1n) is 3.29. The van der Waals surface area contributed by atoms with Crippen molar-refractivity contribution in [1.82, 2.24) is 4.90 Å².